The third-order valence-electron chi connectivity index (χ3n) is 6.32. The van der Waals surface area contributed by atoms with Crippen LogP contribution in [0.4, 0.5) is 11.4 Å². The number of aromatic nitrogens is 1. The standard InChI is InChI=1S/C24H19N3O5S/c28-23-18(12-21-16-8-10-32-24(29)19(16)13-25-21)17-11-15(5-6-20(17)26-23)33(30,31)27-9-7-14-3-1-2-4-22(14)27/h1-6,11-13,25H,7-10H2,(H,26,28)/b18-12-. The Kier molecular flexibility index (Phi) is 4.25. The number of nitrogens with one attached hydrogen (secondary N) is 2. The fraction of sp³-hybridized carbons (Fsp3) is 0.167. The van der Waals surface area contributed by atoms with Crippen molar-refractivity contribution < 1.29 is 22.7 Å². The molecule has 0 atom stereocenters. The van der Waals surface area contributed by atoms with Crippen molar-refractivity contribution in [1.29, 1.82) is 0 Å². The minimum Gasteiger partial charge on any atom is -0.462 e. The Labute approximate surface area is 189 Å². The van der Waals surface area contributed by atoms with Gasteiger partial charge in [0, 0.05) is 36.1 Å². The van der Waals surface area contributed by atoms with E-state index in [9.17, 15) is 18.0 Å². The number of carbonyl (C=O) groups excluding carboxylic acids is 2. The molecule has 1 amide bonds. The predicted molar refractivity (Wildman–Crippen MR) is 122 cm³/mol. The summed E-state index contributed by atoms with van der Waals surface area (Å²) in [6.07, 6.45) is 4.44. The van der Waals surface area contributed by atoms with Gasteiger partial charge in [-0.2, -0.15) is 0 Å². The van der Waals surface area contributed by atoms with Gasteiger partial charge in [0.25, 0.3) is 15.9 Å². The van der Waals surface area contributed by atoms with Crippen molar-refractivity contribution in [1.82, 2.24) is 4.98 Å². The Balaban J connectivity index is 1.42. The number of hydrogen-bond donors (Lipinski definition) is 2. The van der Waals surface area contributed by atoms with Gasteiger partial charge in [0.15, 0.2) is 0 Å². The summed E-state index contributed by atoms with van der Waals surface area (Å²) < 4.78 is 33.4. The third-order valence-corrected chi connectivity index (χ3v) is 8.13. The number of rotatable bonds is 3. The van der Waals surface area contributed by atoms with Gasteiger partial charge in [-0.15, -0.1) is 0 Å². The van der Waals surface area contributed by atoms with Crippen LogP contribution in [0, 0.1) is 0 Å². The number of anilines is 2. The van der Waals surface area contributed by atoms with Crippen LogP contribution in [0.1, 0.15) is 32.7 Å². The second kappa shape index (κ2) is 7.08. The number of hydrogen-bond acceptors (Lipinski definition) is 5. The van der Waals surface area contributed by atoms with Gasteiger partial charge in [0.05, 0.1) is 28.3 Å². The first-order valence-corrected chi connectivity index (χ1v) is 12.0. The van der Waals surface area contributed by atoms with Gasteiger partial charge < -0.3 is 15.0 Å². The first-order valence-electron chi connectivity index (χ1n) is 10.6. The lowest BCUT2D eigenvalue weighted by atomic mass is 10.0. The first-order chi connectivity index (χ1) is 15.9. The van der Waals surface area contributed by atoms with E-state index in [1.165, 1.54) is 10.4 Å². The number of cyclic esters (lactones) is 1. The lowest BCUT2D eigenvalue weighted by Crippen LogP contribution is -2.29. The largest absolute Gasteiger partial charge is 0.462 e. The van der Waals surface area contributed by atoms with E-state index in [0.29, 0.717) is 53.2 Å². The predicted octanol–water partition coefficient (Wildman–Crippen LogP) is 2.97. The molecule has 166 valence electrons. The monoisotopic (exact) mass is 461 g/mol. The lowest BCUT2D eigenvalue weighted by molar-refractivity contribution is -0.110. The summed E-state index contributed by atoms with van der Waals surface area (Å²) in [5.74, 6) is -0.722. The number of benzene rings is 2. The number of H-pyrrole nitrogens is 1. The molecule has 0 spiro atoms. The minimum atomic E-state index is -3.80. The van der Waals surface area contributed by atoms with E-state index in [2.05, 4.69) is 10.3 Å². The Bertz CT molecular complexity index is 1490. The van der Waals surface area contributed by atoms with Crippen LogP contribution < -0.4 is 9.62 Å². The zero-order chi connectivity index (χ0) is 22.7. The summed E-state index contributed by atoms with van der Waals surface area (Å²) >= 11 is 0. The highest BCUT2D eigenvalue weighted by Gasteiger charge is 2.33. The van der Waals surface area contributed by atoms with Gasteiger partial charge in [-0.1, -0.05) is 18.2 Å². The van der Waals surface area contributed by atoms with E-state index in [4.69, 9.17) is 4.74 Å². The molecule has 2 N–H and O–H groups in total. The SMILES string of the molecule is O=C1Nc2ccc(S(=O)(=O)N3CCc4ccccc43)cc2/C1=C/c1[nH]cc2c1CCOC2=O. The number of amides is 1. The molecule has 0 radical (unpaired) electrons. The maximum Gasteiger partial charge on any atom is 0.339 e. The summed E-state index contributed by atoms with van der Waals surface area (Å²) in [5, 5.41) is 2.79. The number of fused-ring (bicyclic) bond motifs is 3. The van der Waals surface area contributed by atoms with Crippen molar-refractivity contribution in [3.8, 4) is 0 Å². The number of nitrogens with zero attached hydrogens (tertiary/aromatic N) is 1. The molecular formula is C24H19N3O5S. The molecule has 0 unspecified atom stereocenters. The average Bonchev–Trinajstić information content (AvgIpc) is 3.50. The Morgan fingerprint density at radius 3 is 2.76 bits per heavy atom. The van der Waals surface area contributed by atoms with Crippen LogP contribution in [-0.4, -0.2) is 38.4 Å². The van der Waals surface area contributed by atoms with Gasteiger partial charge in [0.2, 0.25) is 0 Å². The van der Waals surface area contributed by atoms with E-state index in [1.807, 2.05) is 24.3 Å². The molecule has 3 aliphatic rings. The first kappa shape index (κ1) is 19.8. The molecule has 0 aliphatic carbocycles. The summed E-state index contributed by atoms with van der Waals surface area (Å²) in [6.45, 7) is 0.658. The van der Waals surface area contributed by atoms with E-state index >= 15 is 0 Å². The van der Waals surface area contributed by atoms with Gasteiger partial charge >= 0.3 is 5.97 Å². The average molecular weight is 461 g/mol. The Morgan fingerprint density at radius 1 is 1.03 bits per heavy atom. The van der Waals surface area contributed by atoms with Crippen molar-refractivity contribution in [3.05, 3.63) is 76.6 Å². The van der Waals surface area contributed by atoms with Crippen molar-refractivity contribution >= 4 is 44.9 Å². The van der Waals surface area contributed by atoms with Crippen LogP contribution in [0.15, 0.2) is 53.6 Å². The molecule has 2 aromatic carbocycles. The second-order valence-corrected chi connectivity index (χ2v) is 10.0. The molecule has 1 aromatic heterocycles. The summed E-state index contributed by atoms with van der Waals surface area (Å²) in [7, 11) is -3.80. The fourth-order valence-corrected chi connectivity index (χ4v) is 6.20. The maximum absolute atomic E-state index is 13.5. The number of esters is 1. The zero-order valence-electron chi connectivity index (χ0n) is 17.4. The third kappa shape index (κ3) is 3.00. The van der Waals surface area contributed by atoms with Crippen molar-refractivity contribution in [2.24, 2.45) is 0 Å². The molecule has 3 aromatic rings. The number of aromatic amines is 1. The number of carbonyl (C=O) groups is 2. The number of sulfonamides is 1. The fourth-order valence-electron chi connectivity index (χ4n) is 4.67. The molecule has 4 heterocycles. The van der Waals surface area contributed by atoms with Crippen molar-refractivity contribution in [2.75, 3.05) is 22.8 Å². The van der Waals surface area contributed by atoms with Crippen LogP contribution in [-0.2, 0) is 32.4 Å². The lowest BCUT2D eigenvalue weighted by Gasteiger charge is -2.20. The van der Waals surface area contributed by atoms with E-state index in [-0.39, 0.29) is 17.4 Å². The quantitative estimate of drug-likeness (QED) is 0.461. The summed E-state index contributed by atoms with van der Waals surface area (Å²) in [6, 6.07) is 12.1. The molecule has 0 fully saturated rings. The van der Waals surface area contributed by atoms with Gasteiger partial charge in [-0.05, 0) is 47.9 Å². The van der Waals surface area contributed by atoms with Crippen LogP contribution in [0.2, 0.25) is 0 Å². The van der Waals surface area contributed by atoms with Crippen molar-refractivity contribution in [2.45, 2.75) is 17.7 Å². The minimum absolute atomic E-state index is 0.123. The maximum atomic E-state index is 13.5. The molecule has 0 saturated heterocycles. The topological polar surface area (TPSA) is 109 Å². The molecule has 33 heavy (non-hydrogen) atoms. The number of para-hydroxylation sites is 1. The molecule has 8 nitrogen and oxygen atoms in total. The molecule has 0 saturated carbocycles. The Hall–Kier alpha value is -3.85. The Morgan fingerprint density at radius 2 is 1.88 bits per heavy atom. The highest BCUT2D eigenvalue weighted by Crippen LogP contribution is 2.38. The second-order valence-electron chi connectivity index (χ2n) is 8.16. The normalized spacial score (nSPS) is 18.1. The smallest absolute Gasteiger partial charge is 0.339 e. The number of ether oxygens (including phenoxy) is 1. The van der Waals surface area contributed by atoms with Gasteiger partial charge in [0.1, 0.15) is 0 Å². The highest BCUT2D eigenvalue weighted by molar-refractivity contribution is 7.92. The van der Waals surface area contributed by atoms with Crippen LogP contribution in [0.25, 0.3) is 11.6 Å². The van der Waals surface area contributed by atoms with Gasteiger partial charge in [-0.25, -0.2) is 13.2 Å². The van der Waals surface area contributed by atoms with E-state index in [0.717, 1.165) is 11.1 Å². The molecule has 0 bridgehead atoms. The zero-order valence-corrected chi connectivity index (χ0v) is 18.2. The molecular weight excluding hydrogens is 442 g/mol. The highest BCUT2D eigenvalue weighted by atomic mass is 32.2. The summed E-state index contributed by atoms with van der Waals surface area (Å²) in [5.41, 5.74) is 4.96. The molecule has 6 rings (SSSR count). The molecule has 9 heteroatoms. The van der Waals surface area contributed by atoms with Gasteiger partial charge in [-0.3, -0.25) is 9.10 Å². The van der Waals surface area contributed by atoms with E-state index < -0.39 is 16.0 Å². The molecule has 3 aliphatic heterocycles. The van der Waals surface area contributed by atoms with Crippen LogP contribution >= 0.6 is 0 Å². The summed E-state index contributed by atoms with van der Waals surface area (Å²) in [4.78, 5) is 27.8. The van der Waals surface area contributed by atoms with Crippen molar-refractivity contribution in [3.63, 3.8) is 0 Å². The van der Waals surface area contributed by atoms with E-state index in [1.54, 1.807) is 24.4 Å². The van der Waals surface area contributed by atoms with Crippen LogP contribution in [0.5, 0.6) is 0 Å². The van der Waals surface area contributed by atoms with Crippen LogP contribution in [0.3, 0.4) is 0 Å².